The summed E-state index contributed by atoms with van der Waals surface area (Å²) in [5.74, 6) is 0.437. The third-order valence-electron chi connectivity index (χ3n) is 2.30. The van der Waals surface area contributed by atoms with Crippen LogP contribution in [0, 0.1) is 0 Å². The predicted octanol–water partition coefficient (Wildman–Crippen LogP) is -0.934. The maximum Gasteiger partial charge on any atom is 0.191 e. The molecular weight excluding hydrogens is 230 g/mol. The predicted molar refractivity (Wildman–Crippen MR) is 63.2 cm³/mol. The van der Waals surface area contributed by atoms with E-state index in [2.05, 4.69) is 4.99 Å². The Morgan fingerprint density at radius 2 is 2.31 bits per heavy atom. The minimum atomic E-state index is -2.97. The quantitative estimate of drug-likeness (QED) is 0.516. The molecule has 0 spiro atoms. The average molecular weight is 249 g/mol. The molecule has 0 aliphatic carbocycles. The summed E-state index contributed by atoms with van der Waals surface area (Å²) in [7, 11) is -2.97. The van der Waals surface area contributed by atoms with Gasteiger partial charge in [-0.3, -0.25) is 4.99 Å². The fraction of sp³-hybridized carbons (Fsp3) is 0.889. The summed E-state index contributed by atoms with van der Waals surface area (Å²) in [4.78, 5) is 5.97. The number of aliphatic imine (C=N–C) groups is 1. The lowest BCUT2D eigenvalue weighted by atomic mass is 10.3. The Kier molecular flexibility index (Phi) is 4.55. The van der Waals surface area contributed by atoms with Gasteiger partial charge in [-0.05, 0) is 6.92 Å². The Balaban J connectivity index is 2.43. The highest BCUT2D eigenvalue weighted by Gasteiger charge is 2.17. The maximum absolute atomic E-state index is 10.9. The van der Waals surface area contributed by atoms with Crippen LogP contribution in [-0.2, 0) is 14.6 Å². The van der Waals surface area contributed by atoms with Gasteiger partial charge in [-0.15, -0.1) is 0 Å². The number of morpholine rings is 1. The summed E-state index contributed by atoms with van der Waals surface area (Å²) in [6.07, 6.45) is 1.33. The Morgan fingerprint density at radius 1 is 1.62 bits per heavy atom. The van der Waals surface area contributed by atoms with E-state index in [4.69, 9.17) is 10.5 Å². The highest BCUT2D eigenvalue weighted by molar-refractivity contribution is 7.90. The molecule has 0 saturated carbocycles. The molecule has 1 fully saturated rings. The molecule has 0 aromatic carbocycles. The average Bonchev–Trinajstić information content (AvgIpc) is 2.15. The van der Waals surface area contributed by atoms with Gasteiger partial charge in [-0.2, -0.15) is 0 Å². The summed E-state index contributed by atoms with van der Waals surface area (Å²) in [6.45, 7) is 4.22. The topological polar surface area (TPSA) is 85.0 Å². The molecule has 2 N–H and O–H groups in total. The molecule has 94 valence electrons. The Hall–Kier alpha value is -0.820. The summed E-state index contributed by atoms with van der Waals surface area (Å²) in [5.41, 5.74) is 5.77. The van der Waals surface area contributed by atoms with E-state index in [9.17, 15) is 8.42 Å². The molecule has 0 amide bonds. The highest BCUT2D eigenvalue weighted by Crippen LogP contribution is 2.03. The monoisotopic (exact) mass is 249 g/mol. The summed E-state index contributed by atoms with van der Waals surface area (Å²) >= 11 is 0. The van der Waals surface area contributed by atoms with Crippen molar-refractivity contribution in [2.24, 2.45) is 10.7 Å². The van der Waals surface area contributed by atoms with E-state index in [0.29, 0.717) is 25.7 Å². The van der Waals surface area contributed by atoms with Crippen LogP contribution in [0.1, 0.15) is 6.92 Å². The smallest absolute Gasteiger partial charge is 0.191 e. The van der Waals surface area contributed by atoms with Crippen molar-refractivity contribution in [2.75, 3.05) is 38.2 Å². The molecule has 0 aromatic heterocycles. The zero-order valence-corrected chi connectivity index (χ0v) is 10.5. The third-order valence-corrected chi connectivity index (χ3v) is 3.23. The van der Waals surface area contributed by atoms with Crippen molar-refractivity contribution >= 4 is 15.8 Å². The van der Waals surface area contributed by atoms with Crippen molar-refractivity contribution in [1.29, 1.82) is 0 Å². The number of rotatable bonds is 3. The first-order chi connectivity index (χ1) is 7.38. The normalized spacial score (nSPS) is 23.5. The number of sulfone groups is 1. The maximum atomic E-state index is 10.9. The molecule has 1 aliphatic rings. The van der Waals surface area contributed by atoms with Crippen LogP contribution in [0.15, 0.2) is 4.99 Å². The standard InChI is InChI=1S/C9H19N3O3S/c1-8-7-12(4-5-15-8)9(10)11-3-6-16(2,13)14/h8H,3-7H2,1-2H3,(H2,10,11). The van der Waals surface area contributed by atoms with Gasteiger partial charge in [0, 0.05) is 19.3 Å². The molecular formula is C9H19N3O3S. The van der Waals surface area contributed by atoms with Crippen molar-refractivity contribution in [1.82, 2.24) is 4.90 Å². The minimum absolute atomic E-state index is 0.0353. The Bertz CT molecular complexity index is 353. The van der Waals surface area contributed by atoms with Gasteiger partial charge in [0.2, 0.25) is 0 Å². The summed E-state index contributed by atoms with van der Waals surface area (Å²) in [6, 6.07) is 0. The first-order valence-corrected chi connectivity index (χ1v) is 7.29. The van der Waals surface area contributed by atoms with Gasteiger partial charge in [0.1, 0.15) is 9.84 Å². The van der Waals surface area contributed by atoms with Crippen molar-refractivity contribution in [3.63, 3.8) is 0 Å². The molecule has 0 radical (unpaired) electrons. The van der Waals surface area contributed by atoms with Crippen molar-refractivity contribution in [3.8, 4) is 0 Å². The van der Waals surface area contributed by atoms with Gasteiger partial charge < -0.3 is 15.4 Å². The van der Waals surface area contributed by atoms with Gasteiger partial charge in [0.05, 0.1) is 25.0 Å². The van der Waals surface area contributed by atoms with Crippen LogP contribution in [0.25, 0.3) is 0 Å². The zero-order valence-electron chi connectivity index (χ0n) is 9.72. The van der Waals surface area contributed by atoms with Crippen LogP contribution in [0.2, 0.25) is 0 Å². The third kappa shape index (κ3) is 4.80. The van der Waals surface area contributed by atoms with Crippen molar-refractivity contribution in [3.05, 3.63) is 0 Å². The molecule has 1 rings (SSSR count). The lowest BCUT2D eigenvalue weighted by Gasteiger charge is -2.31. The van der Waals surface area contributed by atoms with E-state index < -0.39 is 9.84 Å². The van der Waals surface area contributed by atoms with Crippen LogP contribution in [0.4, 0.5) is 0 Å². The van der Waals surface area contributed by atoms with E-state index in [0.717, 1.165) is 0 Å². The zero-order chi connectivity index (χ0) is 12.2. The Labute approximate surface area is 96.4 Å². The summed E-state index contributed by atoms with van der Waals surface area (Å²) < 4.78 is 27.2. The molecule has 7 heteroatoms. The summed E-state index contributed by atoms with van der Waals surface area (Å²) in [5, 5.41) is 0. The molecule has 1 atom stereocenters. The van der Waals surface area contributed by atoms with Crippen LogP contribution in [0.5, 0.6) is 0 Å². The molecule has 6 nitrogen and oxygen atoms in total. The molecule has 1 heterocycles. The highest BCUT2D eigenvalue weighted by atomic mass is 32.2. The second-order valence-electron chi connectivity index (χ2n) is 4.00. The van der Waals surface area contributed by atoms with E-state index >= 15 is 0 Å². The van der Waals surface area contributed by atoms with Crippen LogP contribution in [-0.4, -0.2) is 63.6 Å². The largest absolute Gasteiger partial charge is 0.375 e. The lowest BCUT2D eigenvalue weighted by Crippen LogP contribution is -2.48. The van der Waals surface area contributed by atoms with Gasteiger partial charge in [0.25, 0.3) is 0 Å². The second-order valence-corrected chi connectivity index (χ2v) is 6.26. The molecule has 16 heavy (non-hydrogen) atoms. The van der Waals surface area contributed by atoms with Gasteiger partial charge in [-0.25, -0.2) is 8.42 Å². The number of nitrogens with two attached hydrogens (primary N) is 1. The van der Waals surface area contributed by atoms with Crippen molar-refractivity contribution in [2.45, 2.75) is 13.0 Å². The second kappa shape index (κ2) is 5.49. The number of guanidine groups is 1. The van der Waals surface area contributed by atoms with E-state index in [1.54, 1.807) is 0 Å². The minimum Gasteiger partial charge on any atom is -0.375 e. The van der Waals surface area contributed by atoms with Gasteiger partial charge >= 0.3 is 0 Å². The van der Waals surface area contributed by atoms with E-state index in [-0.39, 0.29) is 18.4 Å². The first-order valence-electron chi connectivity index (χ1n) is 5.22. The van der Waals surface area contributed by atoms with Crippen LogP contribution >= 0.6 is 0 Å². The molecule has 0 aromatic rings. The van der Waals surface area contributed by atoms with E-state index in [1.807, 2.05) is 11.8 Å². The number of nitrogens with zero attached hydrogens (tertiary/aromatic N) is 2. The van der Waals surface area contributed by atoms with Crippen LogP contribution < -0.4 is 5.73 Å². The SMILES string of the molecule is CC1CN(C(N)=NCCS(C)(=O)=O)CCO1. The number of hydrogen-bond acceptors (Lipinski definition) is 4. The van der Waals surface area contributed by atoms with Crippen molar-refractivity contribution < 1.29 is 13.2 Å². The Morgan fingerprint density at radius 3 is 2.88 bits per heavy atom. The molecule has 1 unspecified atom stereocenters. The lowest BCUT2D eigenvalue weighted by molar-refractivity contribution is 0.00531. The fourth-order valence-electron chi connectivity index (χ4n) is 1.45. The molecule has 1 aliphatic heterocycles. The number of hydrogen-bond donors (Lipinski definition) is 1. The van der Waals surface area contributed by atoms with Gasteiger partial charge in [-0.1, -0.05) is 0 Å². The first kappa shape index (κ1) is 13.2. The fourth-order valence-corrected chi connectivity index (χ4v) is 1.88. The molecule has 0 bridgehead atoms. The molecule has 1 saturated heterocycles. The van der Waals surface area contributed by atoms with Gasteiger partial charge in [0.15, 0.2) is 5.96 Å². The van der Waals surface area contributed by atoms with Crippen LogP contribution in [0.3, 0.4) is 0 Å². The number of ether oxygens (including phenoxy) is 1. The van der Waals surface area contributed by atoms with E-state index in [1.165, 1.54) is 6.26 Å².